The van der Waals surface area contributed by atoms with E-state index in [9.17, 15) is 9.59 Å². The van der Waals surface area contributed by atoms with Gasteiger partial charge >= 0.3 is 0 Å². The number of benzene rings is 2. The van der Waals surface area contributed by atoms with Gasteiger partial charge in [-0.1, -0.05) is 36.2 Å². The second-order valence-corrected chi connectivity index (χ2v) is 14.0. The molecule has 4 aromatic rings. The number of imidazole rings is 2. The number of nitrogens with one attached hydrogen (secondary N) is 2. The third kappa shape index (κ3) is 5.92. The van der Waals surface area contributed by atoms with E-state index in [4.69, 9.17) is 28.2 Å². The van der Waals surface area contributed by atoms with Crippen molar-refractivity contribution in [1.29, 1.82) is 0 Å². The molecule has 45 heavy (non-hydrogen) atoms. The lowest BCUT2D eigenvalue weighted by Crippen LogP contribution is -2.38. The van der Waals surface area contributed by atoms with Gasteiger partial charge in [0.15, 0.2) is 5.82 Å². The largest absolute Gasteiger partial charge is 0.370 e. The lowest BCUT2D eigenvalue weighted by molar-refractivity contribution is 0.0920. The standard InChI is InChI=1S/C34H39Cl2N7O2/c1-19-4-7-23(8-5-19)39-33(44)25-13-27-29(15-28(25)43-17-21-12-22(21)18-43)42(3)30(40-27)14-24-26(35)9-6-20(31(24)36)16-38-34(45)32-37-10-11-41(32)2/h6,9-11,13,15,19,21-23H,4-5,7-8,12,14,16-18H2,1-3H3,(H,38,45)(H,39,44). The number of carbonyl (C=O) groups is 2. The van der Waals surface area contributed by atoms with Crippen LogP contribution in [0.15, 0.2) is 36.7 Å². The number of rotatable bonds is 8. The number of aryl methyl sites for hydroxylation is 2. The number of halogens is 2. The van der Waals surface area contributed by atoms with Gasteiger partial charge < -0.3 is 24.7 Å². The number of carbonyl (C=O) groups excluding carboxylic acids is 2. The zero-order valence-corrected chi connectivity index (χ0v) is 27.5. The minimum Gasteiger partial charge on any atom is -0.370 e. The molecule has 2 aliphatic carbocycles. The minimum absolute atomic E-state index is 0.00870. The molecule has 2 aromatic carbocycles. The van der Waals surface area contributed by atoms with Crippen LogP contribution in [0.2, 0.25) is 10.0 Å². The molecule has 9 nitrogen and oxygen atoms in total. The summed E-state index contributed by atoms with van der Waals surface area (Å²) < 4.78 is 3.74. The summed E-state index contributed by atoms with van der Waals surface area (Å²) in [6, 6.07) is 7.95. The summed E-state index contributed by atoms with van der Waals surface area (Å²) in [6.45, 7) is 4.52. The van der Waals surface area contributed by atoms with Crippen LogP contribution in [0.4, 0.5) is 5.69 Å². The SMILES string of the molecule is CC1CCC(NC(=O)c2cc3nc(Cc4c(Cl)ccc(CNC(=O)c5nccn5C)c4Cl)n(C)c3cc2N2CC3CC3C2)CC1. The average Bonchev–Trinajstić information content (AvgIpc) is 3.29. The van der Waals surface area contributed by atoms with Crippen LogP contribution >= 0.6 is 23.2 Å². The molecule has 1 aliphatic heterocycles. The number of anilines is 1. The Morgan fingerprint density at radius 2 is 1.78 bits per heavy atom. The highest BCUT2D eigenvalue weighted by molar-refractivity contribution is 6.36. The van der Waals surface area contributed by atoms with E-state index in [1.54, 1.807) is 30.1 Å². The Bertz CT molecular complexity index is 1780. The van der Waals surface area contributed by atoms with E-state index < -0.39 is 0 Å². The maximum atomic E-state index is 13.8. The maximum absolute atomic E-state index is 13.8. The van der Waals surface area contributed by atoms with Crippen LogP contribution < -0.4 is 15.5 Å². The summed E-state index contributed by atoms with van der Waals surface area (Å²) in [5, 5.41) is 7.28. The molecule has 2 amide bonds. The molecule has 2 N–H and O–H groups in total. The van der Waals surface area contributed by atoms with Gasteiger partial charge in [-0.15, -0.1) is 0 Å². The summed E-state index contributed by atoms with van der Waals surface area (Å²) >= 11 is 13.6. The second-order valence-electron chi connectivity index (χ2n) is 13.3. The van der Waals surface area contributed by atoms with Crippen LogP contribution in [0.1, 0.15) is 77.0 Å². The smallest absolute Gasteiger partial charge is 0.287 e. The van der Waals surface area contributed by atoms with Crippen molar-refractivity contribution in [3.8, 4) is 0 Å². The van der Waals surface area contributed by atoms with Crippen molar-refractivity contribution in [3.05, 3.63) is 75.0 Å². The van der Waals surface area contributed by atoms with Crippen LogP contribution in [0.5, 0.6) is 0 Å². The fourth-order valence-corrected chi connectivity index (χ4v) is 7.65. The number of fused-ring (bicyclic) bond motifs is 2. The second kappa shape index (κ2) is 12.0. The third-order valence-corrected chi connectivity index (χ3v) is 10.9. The van der Waals surface area contributed by atoms with Crippen LogP contribution in [-0.2, 0) is 27.1 Å². The Kier molecular flexibility index (Phi) is 8.02. The number of amides is 2. The highest BCUT2D eigenvalue weighted by atomic mass is 35.5. The molecular formula is C34H39Cl2N7O2. The van der Waals surface area contributed by atoms with E-state index in [1.165, 1.54) is 6.42 Å². The van der Waals surface area contributed by atoms with Gasteiger partial charge in [0, 0.05) is 63.6 Å². The van der Waals surface area contributed by atoms with E-state index in [-0.39, 0.29) is 24.4 Å². The van der Waals surface area contributed by atoms with Crippen molar-refractivity contribution in [2.45, 2.75) is 58.0 Å². The molecule has 0 bridgehead atoms. The molecule has 0 radical (unpaired) electrons. The Labute approximate surface area is 273 Å². The average molecular weight is 649 g/mol. The Morgan fingerprint density at radius 1 is 1.02 bits per heavy atom. The molecule has 7 rings (SSSR count). The molecule has 0 spiro atoms. The number of aromatic nitrogens is 4. The summed E-state index contributed by atoms with van der Waals surface area (Å²) in [7, 11) is 3.77. The third-order valence-electron chi connectivity index (χ3n) is 10.1. The number of hydrogen-bond acceptors (Lipinski definition) is 5. The Balaban J connectivity index is 1.17. The molecule has 2 atom stereocenters. The van der Waals surface area contributed by atoms with Gasteiger partial charge in [0.1, 0.15) is 5.82 Å². The number of nitrogens with zero attached hydrogens (tertiary/aromatic N) is 5. The Morgan fingerprint density at radius 3 is 2.49 bits per heavy atom. The van der Waals surface area contributed by atoms with Crippen LogP contribution in [0.3, 0.4) is 0 Å². The molecule has 236 valence electrons. The normalized spacial score (nSPS) is 22.5. The zero-order chi connectivity index (χ0) is 31.4. The van der Waals surface area contributed by atoms with E-state index in [2.05, 4.69) is 38.1 Å². The van der Waals surface area contributed by atoms with E-state index in [0.717, 1.165) is 90.2 Å². The summed E-state index contributed by atoms with van der Waals surface area (Å²) in [5.41, 5.74) is 4.93. The number of hydrogen-bond donors (Lipinski definition) is 2. The highest BCUT2D eigenvalue weighted by Crippen LogP contribution is 2.47. The van der Waals surface area contributed by atoms with Crippen molar-refractivity contribution < 1.29 is 9.59 Å². The van der Waals surface area contributed by atoms with Crippen molar-refractivity contribution in [1.82, 2.24) is 29.7 Å². The van der Waals surface area contributed by atoms with E-state index in [0.29, 0.717) is 27.9 Å². The first-order valence-electron chi connectivity index (χ1n) is 15.9. The first-order valence-corrected chi connectivity index (χ1v) is 16.7. The van der Waals surface area contributed by atoms with Gasteiger partial charge in [0.05, 0.1) is 27.3 Å². The molecular weight excluding hydrogens is 609 g/mol. The topological polar surface area (TPSA) is 97.1 Å². The minimum atomic E-state index is -0.283. The zero-order valence-electron chi connectivity index (χ0n) is 25.9. The predicted octanol–water partition coefficient (Wildman–Crippen LogP) is 5.90. The monoisotopic (exact) mass is 647 g/mol. The van der Waals surface area contributed by atoms with Gasteiger partial charge in [-0.25, -0.2) is 9.97 Å². The first kappa shape index (κ1) is 30.1. The van der Waals surface area contributed by atoms with Gasteiger partial charge in [-0.2, -0.15) is 0 Å². The van der Waals surface area contributed by atoms with Crippen LogP contribution in [-0.4, -0.2) is 50.0 Å². The summed E-state index contributed by atoms with van der Waals surface area (Å²) in [6.07, 6.45) is 9.36. The molecule has 1 saturated heterocycles. The molecule has 3 fully saturated rings. The predicted molar refractivity (Wildman–Crippen MR) is 177 cm³/mol. The quantitative estimate of drug-likeness (QED) is 0.248. The van der Waals surface area contributed by atoms with Crippen molar-refractivity contribution in [3.63, 3.8) is 0 Å². The summed E-state index contributed by atoms with van der Waals surface area (Å²) in [4.78, 5) is 37.9. The number of piperidine rings is 1. The van der Waals surface area contributed by atoms with Gasteiger partial charge in [0.2, 0.25) is 0 Å². The molecule has 2 aromatic heterocycles. The van der Waals surface area contributed by atoms with E-state index in [1.807, 2.05) is 19.2 Å². The lowest BCUT2D eigenvalue weighted by atomic mass is 9.87. The van der Waals surface area contributed by atoms with Crippen LogP contribution in [0, 0.1) is 17.8 Å². The molecule has 3 aliphatic rings. The fourth-order valence-electron chi connectivity index (χ4n) is 7.08. The van der Waals surface area contributed by atoms with E-state index >= 15 is 0 Å². The molecule has 3 heterocycles. The fraction of sp³-hybridized carbons (Fsp3) is 0.471. The summed E-state index contributed by atoms with van der Waals surface area (Å²) in [5.74, 6) is 3.03. The van der Waals surface area contributed by atoms with Gasteiger partial charge in [-0.3, -0.25) is 9.59 Å². The molecule has 2 unspecified atom stereocenters. The van der Waals surface area contributed by atoms with Crippen molar-refractivity contribution in [2.24, 2.45) is 31.8 Å². The lowest BCUT2D eigenvalue weighted by Gasteiger charge is -2.28. The maximum Gasteiger partial charge on any atom is 0.287 e. The molecule has 2 saturated carbocycles. The van der Waals surface area contributed by atoms with Gasteiger partial charge in [-0.05, 0) is 79.2 Å². The molecule has 11 heteroatoms. The first-order chi connectivity index (χ1) is 21.7. The van der Waals surface area contributed by atoms with Crippen LogP contribution in [0.25, 0.3) is 11.0 Å². The van der Waals surface area contributed by atoms with Gasteiger partial charge in [0.25, 0.3) is 11.8 Å². The van der Waals surface area contributed by atoms with Crippen molar-refractivity contribution >= 4 is 51.7 Å². The highest BCUT2D eigenvalue weighted by Gasteiger charge is 2.46. The Hall–Kier alpha value is -3.56. The van der Waals surface area contributed by atoms with Crippen molar-refractivity contribution in [2.75, 3.05) is 18.0 Å².